The summed E-state index contributed by atoms with van der Waals surface area (Å²) in [5, 5.41) is 3.20. The second-order valence-electron chi connectivity index (χ2n) is 3.39. The van der Waals surface area contributed by atoms with Crippen molar-refractivity contribution in [1.29, 1.82) is 0 Å². The van der Waals surface area contributed by atoms with E-state index in [0.717, 1.165) is 18.5 Å². The van der Waals surface area contributed by atoms with Crippen LogP contribution in [0.15, 0.2) is 12.4 Å². The molecule has 0 fully saturated rings. The van der Waals surface area contributed by atoms with E-state index in [0.29, 0.717) is 12.3 Å². The molecule has 1 aromatic heterocycles. The van der Waals surface area contributed by atoms with Gasteiger partial charge in [0.2, 0.25) is 0 Å². The van der Waals surface area contributed by atoms with Crippen LogP contribution in [0, 0.1) is 5.82 Å². The lowest BCUT2D eigenvalue weighted by molar-refractivity contribution is 0.193. The zero-order chi connectivity index (χ0) is 9.97. The predicted octanol–water partition coefficient (Wildman–Crippen LogP) is 1.48. The molecule has 0 amide bonds. The minimum atomic E-state index is -0.371. The van der Waals surface area contributed by atoms with Crippen molar-refractivity contribution < 1.29 is 9.13 Å². The molecule has 0 saturated heterocycles. The van der Waals surface area contributed by atoms with Crippen molar-refractivity contribution in [2.75, 3.05) is 6.54 Å². The number of fused-ring (bicyclic) bond motifs is 1. The third-order valence-electron chi connectivity index (χ3n) is 2.35. The third-order valence-corrected chi connectivity index (χ3v) is 2.35. The first-order valence-electron chi connectivity index (χ1n) is 4.81. The van der Waals surface area contributed by atoms with Gasteiger partial charge in [0.1, 0.15) is 6.10 Å². The molecule has 0 saturated carbocycles. The molecule has 14 heavy (non-hydrogen) atoms. The minimum Gasteiger partial charge on any atom is -0.486 e. The quantitative estimate of drug-likeness (QED) is 0.738. The standard InChI is InChI=1S/C10H13FN2O/c1-2-8-5-12-3-7-4-13-6-9(11)10(7)14-8/h4,6,8,12H,2-3,5H2,1H3/t8-/m1/s1. The van der Waals surface area contributed by atoms with Crippen LogP contribution in [0.2, 0.25) is 0 Å². The zero-order valence-corrected chi connectivity index (χ0v) is 8.09. The van der Waals surface area contributed by atoms with E-state index in [9.17, 15) is 4.39 Å². The Bertz CT molecular complexity index is 330. The molecule has 0 unspecified atom stereocenters. The highest BCUT2D eigenvalue weighted by Gasteiger charge is 2.18. The molecule has 0 bridgehead atoms. The van der Waals surface area contributed by atoms with E-state index in [4.69, 9.17) is 4.74 Å². The first-order valence-corrected chi connectivity index (χ1v) is 4.81. The van der Waals surface area contributed by atoms with Crippen LogP contribution in [-0.2, 0) is 6.54 Å². The molecular formula is C10H13FN2O. The fourth-order valence-corrected chi connectivity index (χ4v) is 1.53. The van der Waals surface area contributed by atoms with E-state index in [-0.39, 0.29) is 11.9 Å². The molecule has 3 nitrogen and oxygen atoms in total. The van der Waals surface area contributed by atoms with Gasteiger partial charge >= 0.3 is 0 Å². The molecule has 1 aliphatic heterocycles. The van der Waals surface area contributed by atoms with Crippen molar-refractivity contribution >= 4 is 0 Å². The van der Waals surface area contributed by atoms with E-state index in [1.807, 2.05) is 6.92 Å². The summed E-state index contributed by atoms with van der Waals surface area (Å²) < 4.78 is 18.9. The number of nitrogens with zero attached hydrogens (tertiary/aromatic N) is 1. The summed E-state index contributed by atoms with van der Waals surface area (Å²) >= 11 is 0. The zero-order valence-electron chi connectivity index (χ0n) is 8.09. The fourth-order valence-electron chi connectivity index (χ4n) is 1.53. The Morgan fingerprint density at radius 3 is 3.29 bits per heavy atom. The van der Waals surface area contributed by atoms with Crippen LogP contribution in [0.4, 0.5) is 4.39 Å². The van der Waals surface area contributed by atoms with Gasteiger partial charge in [0.25, 0.3) is 0 Å². The van der Waals surface area contributed by atoms with E-state index < -0.39 is 0 Å². The highest BCUT2D eigenvalue weighted by atomic mass is 19.1. The van der Waals surface area contributed by atoms with Gasteiger partial charge in [-0.05, 0) is 6.42 Å². The summed E-state index contributed by atoms with van der Waals surface area (Å²) in [6, 6.07) is 0. The first kappa shape index (κ1) is 9.40. The largest absolute Gasteiger partial charge is 0.486 e. The van der Waals surface area contributed by atoms with Crippen molar-refractivity contribution in [2.45, 2.75) is 26.0 Å². The molecular weight excluding hydrogens is 183 g/mol. The van der Waals surface area contributed by atoms with E-state index in [1.165, 1.54) is 6.20 Å². The SMILES string of the molecule is CC[C@@H]1CNCc2cncc(F)c2O1. The summed E-state index contributed by atoms with van der Waals surface area (Å²) in [6.07, 6.45) is 3.75. The number of hydrogen-bond donors (Lipinski definition) is 1. The van der Waals surface area contributed by atoms with Crippen LogP contribution in [-0.4, -0.2) is 17.6 Å². The fraction of sp³-hybridized carbons (Fsp3) is 0.500. The molecule has 0 aromatic carbocycles. The molecule has 1 N–H and O–H groups in total. The second-order valence-corrected chi connectivity index (χ2v) is 3.39. The Hall–Kier alpha value is -1.16. The van der Waals surface area contributed by atoms with Crippen LogP contribution >= 0.6 is 0 Å². The number of nitrogens with one attached hydrogen (secondary N) is 1. The third kappa shape index (κ3) is 1.70. The summed E-state index contributed by atoms with van der Waals surface area (Å²) in [6.45, 7) is 3.40. The maximum atomic E-state index is 13.3. The van der Waals surface area contributed by atoms with Gasteiger partial charge in [-0.25, -0.2) is 4.39 Å². The number of halogens is 1. The van der Waals surface area contributed by atoms with Crippen LogP contribution in [0.3, 0.4) is 0 Å². The molecule has 1 aromatic rings. The summed E-state index contributed by atoms with van der Waals surface area (Å²) in [7, 11) is 0. The molecule has 0 spiro atoms. The van der Waals surface area contributed by atoms with Crippen LogP contribution in [0.1, 0.15) is 18.9 Å². The molecule has 1 aliphatic rings. The maximum absolute atomic E-state index is 13.3. The van der Waals surface area contributed by atoms with Crippen molar-refractivity contribution in [3.8, 4) is 5.75 Å². The lowest BCUT2D eigenvalue weighted by Crippen LogP contribution is -2.27. The van der Waals surface area contributed by atoms with Gasteiger partial charge < -0.3 is 10.1 Å². The summed E-state index contributed by atoms with van der Waals surface area (Å²) in [5.74, 6) is -0.0125. The van der Waals surface area contributed by atoms with Gasteiger partial charge in [-0.15, -0.1) is 0 Å². The summed E-state index contributed by atoms with van der Waals surface area (Å²) in [5.41, 5.74) is 0.793. The first-order chi connectivity index (χ1) is 6.81. The molecule has 0 aliphatic carbocycles. The van der Waals surface area contributed by atoms with Crippen molar-refractivity contribution in [3.05, 3.63) is 23.8 Å². The van der Waals surface area contributed by atoms with Crippen molar-refractivity contribution in [2.24, 2.45) is 0 Å². The van der Waals surface area contributed by atoms with Crippen molar-refractivity contribution in [1.82, 2.24) is 10.3 Å². The Kier molecular flexibility index (Phi) is 2.63. The highest BCUT2D eigenvalue weighted by Crippen LogP contribution is 2.24. The Morgan fingerprint density at radius 2 is 2.50 bits per heavy atom. The number of ether oxygens (including phenoxy) is 1. The molecule has 4 heteroatoms. The number of hydrogen-bond acceptors (Lipinski definition) is 3. The van der Waals surface area contributed by atoms with Gasteiger partial charge in [-0.2, -0.15) is 0 Å². The van der Waals surface area contributed by atoms with Crippen LogP contribution in [0.5, 0.6) is 5.75 Å². The highest BCUT2D eigenvalue weighted by molar-refractivity contribution is 5.32. The second kappa shape index (κ2) is 3.92. The molecule has 76 valence electrons. The average Bonchev–Trinajstić information content (AvgIpc) is 2.40. The maximum Gasteiger partial charge on any atom is 0.183 e. The van der Waals surface area contributed by atoms with Crippen molar-refractivity contribution in [3.63, 3.8) is 0 Å². The Balaban J connectivity index is 2.33. The predicted molar refractivity (Wildman–Crippen MR) is 50.6 cm³/mol. The average molecular weight is 196 g/mol. The van der Waals surface area contributed by atoms with Crippen LogP contribution < -0.4 is 10.1 Å². The topological polar surface area (TPSA) is 34.2 Å². The van der Waals surface area contributed by atoms with E-state index >= 15 is 0 Å². The normalized spacial score (nSPS) is 20.9. The van der Waals surface area contributed by atoms with Crippen LogP contribution in [0.25, 0.3) is 0 Å². The van der Waals surface area contributed by atoms with Gasteiger partial charge in [0.15, 0.2) is 11.6 Å². The molecule has 1 atom stereocenters. The van der Waals surface area contributed by atoms with Gasteiger partial charge in [-0.1, -0.05) is 6.92 Å². The number of rotatable bonds is 1. The smallest absolute Gasteiger partial charge is 0.183 e. The molecule has 2 rings (SSSR count). The minimum absolute atomic E-state index is 0.0492. The lowest BCUT2D eigenvalue weighted by Gasteiger charge is -2.14. The molecule has 0 radical (unpaired) electrons. The Morgan fingerprint density at radius 1 is 1.64 bits per heavy atom. The Labute approximate surface area is 82.3 Å². The van der Waals surface area contributed by atoms with Gasteiger partial charge in [0, 0.05) is 24.8 Å². The van der Waals surface area contributed by atoms with Gasteiger partial charge in [-0.3, -0.25) is 4.98 Å². The van der Waals surface area contributed by atoms with E-state index in [1.54, 1.807) is 6.20 Å². The monoisotopic (exact) mass is 196 g/mol. The number of pyridine rings is 1. The van der Waals surface area contributed by atoms with E-state index in [2.05, 4.69) is 10.3 Å². The van der Waals surface area contributed by atoms with Gasteiger partial charge in [0.05, 0.1) is 6.20 Å². The molecule has 2 heterocycles. The summed E-state index contributed by atoms with van der Waals surface area (Å²) in [4.78, 5) is 3.80. The number of aromatic nitrogens is 1. The lowest BCUT2D eigenvalue weighted by atomic mass is 10.2.